The Labute approximate surface area is 108 Å². The van der Waals surface area contributed by atoms with Crippen molar-refractivity contribution in [3.05, 3.63) is 0 Å². The Hall–Kier alpha value is -1.10. The number of piperidine rings is 1. The van der Waals surface area contributed by atoms with Crippen molar-refractivity contribution >= 4 is 11.8 Å². The molecule has 5 heteroatoms. The Kier molecular flexibility index (Phi) is 4.58. The molecule has 2 aliphatic rings. The van der Waals surface area contributed by atoms with Crippen LogP contribution in [0, 0.1) is 0 Å². The van der Waals surface area contributed by atoms with E-state index < -0.39 is 0 Å². The quantitative estimate of drug-likeness (QED) is 0.785. The molecule has 0 aromatic heterocycles. The van der Waals surface area contributed by atoms with E-state index in [1.165, 1.54) is 6.42 Å². The van der Waals surface area contributed by atoms with E-state index in [0.29, 0.717) is 13.0 Å². The van der Waals surface area contributed by atoms with Gasteiger partial charge < -0.3 is 15.5 Å². The summed E-state index contributed by atoms with van der Waals surface area (Å²) >= 11 is 0. The predicted octanol–water partition coefficient (Wildman–Crippen LogP) is 0.339. The van der Waals surface area contributed by atoms with Crippen LogP contribution in [0.4, 0.5) is 0 Å². The second-order valence-corrected chi connectivity index (χ2v) is 5.23. The molecule has 102 valence electrons. The van der Waals surface area contributed by atoms with Crippen molar-refractivity contribution in [3.8, 4) is 0 Å². The van der Waals surface area contributed by atoms with Crippen LogP contribution >= 0.6 is 0 Å². The lowest BCUT2D eigenvalue weighted by atomic mass is 9.99. The first-order valence-electron chi connectivity index (χ1n) is 6.99. The van der Waals surface area contributed by atoms with Crippen LogP contribution in [-0.2, 0) is 9.59 Å². The number of amides is 2. The van der Waals surface area contributed by atoms with Crippen LogP contribution in [0.3, 0.4) is 0 Å². The SMILES string of the molecule is NCC[C@H]1CCCCN1C(=O)CN1CCCC1=O. The fourth-order valence-corrected chi connectivity index (χ4v) is 2.95. The van der Waals surface area contributed by atoms with Crippen LogP contribution in [0.2, 0.25) is 0 Å². The van der Waals surface area contributed by atoms with Gasteiger partial charge in [0.2, 0.25) is 11.8 Å². The van der Waals surface area contributed by atoms with Gasteiger partial charge in [-0.05, 0) is 38.6 Å². The molecule has 0 bridgehead atoms. The van der Waals surface area contributed by atoms with Crippen molar-refractivity contribution in [3.63, 3.8) is 0 Å². The van der Waals surface area contributed by atoms with Crippen LogP contribution in [-0.4, -0.2) is 53.8 Å². The average Bonchev–Trinajstić information content (AvgIpc) is 2.76. The minimum Gasteiger partial charge on any atom is -0.338 e. The number of likely N-dealkylation sites (tertiary alicyclic amines) is 2. The van der Waals surface area contributed by atoms with Crippen molar-refractivity contribution in [2.24, 2.45) is 5.73 Å². The first-order valence-corrected chi connectivity index (χ1v) is 6.99. The number of hydrogen-bond acceptors (Lipinski definition) is 3. The van der Waals surface area contributed by atoms with Crippen molar-refractivity contribution in [1.82, 2.24) is 9.80 Å². The van der Waals surface area contributed by atoms with E-state index in [-0.39, 0.29) is 24.4 Å². The summed E-state index contributed by atoms with van der Waals surface area (Å²) < 4.78 is 0. The first-order chi connectivity index (χ1) is 8.72. The molecule has 0 radical (unpaired) electrons. The summed E-state index contributed by atoms with van der Waals surface area (Å²) in [4.78, 5) is 27.4. The maximum Gasteiger partial charge on any atom is 0.242 e. The fraction of sp³-hybridized carbons (Fsp3) is 0.846. The van der Waals surface area contributed by atoms with Gasteiger partial charge in [-0.2, -0.15) is 0 Å². The molecule has 0 unspecified atom stereocenters. The van der Waals surface area contributed by atoms with Gasteiger partial charge in [-0.15, -0.1) is 0 Å². The van der Waals surface area contributed by atoms with E-state index in [1.807, 2.05) is 4.90 Å². The molecule has 2 fully saturated rings. The van der Waals surface area contributed by atoms with Crippen LogP contribution in [0.15, 0.2) is 0 Å². The smallest absolute Gasteiger partial charge is 0.242 e. The molecule has 2 saturated heterocycles. The zero-order chi connectivity index (χ0) is 13.0. The zero-order valence-electron chi connectivity index (χ0n) is 10.9. The highest BCUT2D eigenvalue weighted by Gasteiger charge is 2.29. The third-order valence-electron chi connectivity index (χ3n) is 3.94. The minimum atomic E-state index is 0.100. The number of rotatable bonds is 4. The lowest BCUT2D eigenvalue weighted by Gasteiger charge is -2.36. The summed E-state index contributed by atoms with van der Waals surface area (Å²) in [5.74, 6) is 0.221. The van der Waals surface area contributed by atoms with Crippen LogP contribution in [0.1, 0.15) is 38.5 Å². The molecule has 2 amide bonds. The van der Waals surface area contributed by atoms with Crippen LogP contribution < -0.4 is 5.73 Å². The Morgan fingerprint density at radius 3 is 2.78 bits per heavy atom. The van der Waals surface area contributed by atoms with Crippen molar-refractivity contribution in [2.75, 3.05) is 26.2 Å². The van der Waals surface area contributed by atoms with Gasteiger partial charge in [-0.3, -0.25) is 9.59 Å². The number of nitrogens with zero attached hydrogens (tertiary/aromatic N) is 2. The molecule has 0 spiro atoms. The Morgan fingerprint density at radius 1 is 1.28 bits per heavy atom. The normalized spacial score (nSPS) is 24.7. The molecule has 2 aliphatic heterocycles. The monoisotopic (exact) mass is 253 g/mol. The molecule has 18 heavy (non-hydrogen) atoms. The summed E-state index contributed by atoms with van der Waals surface area (Å²) in [5, 5.41) is 0. The van der Waals surface area contributed by atoms with Crippen LogP contribution in [0.25, 0.3) is 0 Å². The van der Waals surface area contributed by atoms with Gasteiger partial charge in [0.25, 0.3) is 0 Å². The fourth-order valence-electron chi connectivity index (χ4n) is 2.95. The van der Waals surface area contributed by atoms with Gasteiger partial charge in [0.1, 0.15) is 0 Å². The third-order valence-corrected chi connectivity index (χ3v) is 3.94. The molecule has 2 N–H and O–H groups in total. The van der Waals surface area contributed by atoms with Crippen LogP contribution in [0.5, 0.6) is 0 Å². The molecule has 0 aromatic carbocycles. The highest BCUT2D eigenvalue weighted by atomic mass is 16.2. The predicted molar refractivity (Wildman–Crippen MR) is 68.8 cm³/mol. The minimum absolute atomic E-state index is 0.100. The lowest BCUT2D eigenvalue weighted by molar-refractivity contribution is -0.141. The number of hydrogen-bond donors (Lipinski definition) is 1. The van der Waals surface area contributed by atoms with Gasteiger partial charge >= 0.3 is 0 Å². The van der Waals surface area contributed by atoms with Crippen molar-refractivity contribution < 1.29 is 9.59 Å². The van der Waals surface area contributed by atoms with Gasteiger partial charge in [-0.1, -0.05) is 0 Å². The highest BCUT2D eigenvalue weighted by Crippen LogP contribution is 2.20. The second-order valence-electron chi connectivity index (χ2n) is 5.23. The standard InChI is InChI=1S/C13H23N3O2/c14-7-6-11-4-1-2-9-16(11)13(18)10-15-8-3-5-12(15)17/h11H,1-10,14H2/t11-/m1/s1. The maximum absolute atomic E-state index is 12.3. The van der Waals surface area contributed by atoms with E-state index >= 15 is 0 Å². The Morgan fingerprint density at radius 2 is 2.11 bits per heavy atom. The van der Waals surface area contributed by atoms with E-state index in [4.69, 9.17) is 5.73 Å². The number of carbonyl (C=O) groups excluding carboxylic acids is 2. The summed E-state index contributed by atoms with van der Waals surface area (Å²) in [5.41, 5.74) is 5.60. The molecule has 5 nitrogen and oxygen atoms in total. The number of nitrogens with two attached hydrogens (primary N) is 1. The van der Waals surface area contributed by atoms with E-state index in [2.05, 4.69) is 0 Å². The second kappa shape index (κ2) is 6.18. The van der Waals surface area contributed by atoms with E-state index in [0.717, 1.165) is 38.8 Å². The summed E-state index contributed by atoms with van der Waals surface area (Å²) in [6.45, 7) is 2.45. The molecule has 2 heterocycles. The molecule has 2 rings (SSSR count). The molecule has 0 aliphatic carbocycles. The van der Waals surface area contributed by atoms with Crippen molar-refractivity contribution in [1.29, 1.82) is 0 Å². The summed E-state index contributed by atoms with van der Waals surface area (Å²) in [7, 11) is 0. The molecular weight excluding hydrogens is 230 g/mol. The molecular formula is C13H23N3O2. The highest BCUT2D eigenvalue weighted by molar-refractivity contribution is 5.86. The first kappa shape index (κ1) is 13.3. The van der Waals surface area contributed by atoms with Gasteiger partial charge in [0.15, 0.2) is 0 Å². The number of carbonyl (C=O) groups is 2. The van der Waals surface area contributed by atoms with Gasteiger partial charge in [0.05, 0.1) is 6.54 Å². The Balaban J connectivity index is 1.91. The largest absolute Gasteiger partial charge is 0.338 e. The average molecular weight is 253 g/mol. The topological polar surface area (TPSA) is 66.6 Å². The van der Waals surface area contributed by atoms with E-state index in [9.17, 15) is 9.59 Å². The maximum atomic E-state index is 12.3. The van der Waals surface area contributed by atoms with E-state index in [1.54, 1.807) is 4.90 Å². The summed E-state index contributed by atoms with van der Waals surface area (Å²) in [6, 6.07) is 0.286. The Bertz CT molecular complexity index is 317. The molecule has 0 saturated carbocycles. The lowest BCUT2D eigenvalue weighted by Crippen LogP contribution is -2.48. The third kappa shape index (κ3) is 3.02. The zero-order valence-corrected chi connectivity index (χ0v) is 10.9. The van der Waals surface area contributed by atoms with Gasteiger partial charge in [0, 0.05) is 25.6 Å². The molecule has 0 aromatic rings. The summed E-state index contributed by atoms with van der Waals surface area (Å²) in [6.07, 6.45) is 5.66. The van der Waals surface area contributed by atoms with Gasteiger partial charge in [-0.25, -0.2) is 0 Å². The van der Waals surface area contributed by atoms with Crippen molar-refractivity contribution in [2.45, 2.75) is 44.6 Å². The molecule has 1 atom stereocenters.